The van der Waals surface area contributed by atoms with Gasteiger partial charge in [0, 0.05) is 18.7 Å². The molecule has 1 unspecified atom stereocenters. The molecule has 1 heterocycles. The van der Waals surface area contributed by atoms with Crippen molar-refractivity contribution >= 4 is 18.3 Å². The number of likely N-dealkylation sites (tertiary alicyclic amines) is 1. The van der Waals surface area contributed by atoms with Gasteiger partial charge in [-0.3, -0.25) is 4.79 Å². The third-order valence-corrected chi connectivity index (χ3v) is 4.31. The lowest BCUT2D eigenvalue weighted by atomic mass is 10.1. The fourth-order valence-electron chi connectivity index (χ4n) is 3.01. The van der Waals surface area contributed by atoms with Crippen molar-refractivity contribution in [1.29, 1.82) is 0 Å². The third kappa shape index (κ3) is 6.08. The maximum absolute atomic E-state index is 12.7. The molecular formula is C19H31ClN2O3. The highest BCUT2D eigenvalue weighted by atomic mass is 35.5. The van der Waals surface area contributed by atoms with Crippen LogP contribution in [0.25, 0.3) is 0 Å². The molecule has 1 aromatic rings. The number of nitrogens with zero attached hydrogens (tertiary/aromatic N) is 1. The monoisotopic (exact) mass is 370 g/mol. The summed E-state index contributed by atoms with van der Waals surface area (Å²) in [5.74, 6) is 2.00. The summed E-state index contributed by atoms with van der Waals surface area (Å²) in [7, 11) is 1.95. The lowest BCUT2D eigenvalue weighted by Crippen LogP contribution is -2.30. The van der Waals surface area contributed by atoms with Gasteiger partial charge in [-0.05, 0) is 57.5 Å². The predicted molar refractivity (Wildman–Crippen MR) is 103 cm³/mol. The standard InChI is InChI=1S/C19H30N2O3.ClH/c1-4-6-11-24-17-8-7-16(12-18(17)23-5-2)19(22)21-10-9-15(14-21)13-20-3;/h7-8,12,15,20H,4-6,9-11,13-14H2,1-3H3;1H. The highest BCUT2D eigenvalue weighted by Crippen LogP contribution is 2.30. The lowest BCUT2D eigenvalue weighted by molar-refractivity contribution is 0.0786. The zero-order valence-corrected chi connectivity index (χ0v) is 16.4. The van der Waals surface area contributed by atoms with E-state index in [1.54, 1.807) is 0 Å². The van der Waals surface area contributed by atoms with Crippen molar-refractivity contribution in [1.82, 2.24) is 10.2 Å². The van der Waals surface area contributed by atoms with Crippen LogP contribution in [0.5, 0.6) is 11.5 Å². The van der Waals surface area contributed by atoms with Crippen molar-refractivity contribution in [2.75, 3.05) is 39.9 Å². The molecule has 1 saturated heterocycles. The number of carbonyl (C=O) groups is 1. The Hall–Kier alpha value is -1.46. The van der Waals surface area contributed by atoms with E-state index in [-0.39, 0.29) is 18.3 Å². The van der Waals surface area contributed by atoms with Gasteiger partial charge in [0.15, 0.2) is 11.5 Å². The number of ether oxygens (including phenoxy) is 2. The molecule has 0 aliphatic carbocycles. The van der Waals surface area contributed by atoms with E-state index in [1.165, 1.54) is 0 Å². The highest BCUT2D eigenvalue weighted by Gasteiger charge is 2.27. The summed E-state index contributed by atoms with van der Waals surface area (Å²) in [6, 6.07) is 5.52. The normalized spacial score (nSPS) is 16.4. The largest absolute Gasteiger partial charge is 0.490 e. The number of benzene rings is 1. The van der Waals surface area contributed by atoms with Gasteiger partial charge >= 0.3 is 0 Å². The maximum atomic E-state index is 12.7. The summed E-state index contributed by atoms with van der Waals surface area (Å²) in [6.07, 6.45) is 3.15. The molecule has 1 fully saturated rings. The summed E-state index contributed by atoms with van der Waals surface area (Å²) in [6.45, 7) is 7.89. The topological polar surface area (TPSA) is 50.8 Å². The second-order valence-corrected chi connectivity index (χ2v) is 6.26. The Morgan fingerprint density at radius 2 is 2.08 bits per heavy atom. The van der Waals surface area contributed by atoms with Crippen molar-refractivity contribution in [3.8, 4) is 11.5 Å². The van der Waals surface area contributed by atoms with Gasteiger partial charge in [0.2, 0.25) is 0 Å². The van der Waals surface area contributed by atoms with Crippen LogP contribution in [0.3, 0.4) is 0 Å². The second-order valence-electron chi connectivity index (χ2n) is 6.26. The summed E-state index contributed by atoms with van der Waals surface area (Å²) < 4.78 is 11.5. The quantitative estimate of drug-likeness (QED) is 0.677. The summed E-state index contributed by atoms with van der Waals surface area (Å²) in [5, 5.41) is 3.19. The van der Waals surface area contributed by atoms with Crippen LogP contribution in [-0.4, -0.2) is 50.7 Å². The average molecular weight is 371 g/mol. The summed E-state index contributed by atoms with van der Waals surface area (Å²) in [5.41, 5.74) is 0.673. The van der Waals surface area contributed by atoms with E-state index in [0.717, 1.165) is 44.6 Å². The molecule has 5 nitrogen and oxygen atoms in total. The first kappa shape index (κ1) is 21.6. The Morgan fingerprint density at radius 3 is 2.76 bits per heavy atom. The van der Waals surface area contributed by atoms with Crippen molar-refractivity contribution in [3.05, 3.63) is 23.8 Å². The molecule has 0 saturated carbocycles. The maximum Gasteiger partial charge on any atom is 0.254 e. The number of nitrogens with one attached hydrogen (secondary N) is 1. The van der Waals surface area contributed by atoms with E-state index >= 15 is 0 Å². The number of halogens is 1. The number of carbonyl (C=O) groups excluding carboxylic acids is 1. The van der Waals surface area contributed by atoms with Gasteiger partial charge in [-0.1, -0.05) is 13.3 Å². The lowest BCUT2D eigenvalue weighted by Gasteiger charge is -2.18. The molecule has 6 heteroatoms. The van der Waals surface area contributed by atoms with E-state index in [9.17, 15) is 4.79 Å². The molecule has 142 valence electrons. The van der Waals surface area contributed by atoms with E-state index < -0.39 is 0 Å². The van der Waals surface area contributed by atoms with Gasteiger partial charge in [-0.2, -0.15) is 0 Å². The van der Waals surface area contributed by atoms with Gasteiger partial charge < -0.3 is 19.7 Å². The van der Waals surface area contributed by atoms with Gasteiger partial charge in [0.05, 0.1) is 13.2 Å². The van der Waals surface area contributed by atoms with Crippen LogP contribution >= 0.6 is 12.4 Å². The molecule has 0 spiro atoms. The molecule has 0 radical (unpaired) electrons. The van der Waals surface area contributed by atoms with E-state index in [2.05, 4.69) is 12.2 Å². The third-order valence-electron chi connectivity index (χ3n) is 4.31. The summed E-state index contributed by atoms with van der Waals surface area (Å²) >= 11 is 0. The summed E-state index contributed by atoms with van der Waals surface area (Å²) in [4.78, 5) is 14.7. The molecule has 1 N–H and O–H groups in total. The van der Waals surface area contributed by atoms with Crippen molar-refractivity contribution < 1.29 is 14.3 Å². The average Bonchev–Trinajstić information content (AvgIpc) is 3.05. The number of unbranched alkanes of at least 4 members (excludes halogenated alkanes) is 1. The first-order chi connectivity index (χ1) is 11.7. The molecule has 0 aromatic heterocycles. The van der Waals surface area contributed by atoms with Crippen LogP contribution in [0, 0.1) is 5.92 Å². The minimum Gasteiger partial charge on any atom is -0.490 e. The fourth-order valence-corrected chi connectivity index (χ4v) is 3.01. The van der Waals surface area contributed by atoms with Crippen LogP contribution in [0.2, 0.25) is 0 Å². The second kappa shape index (κ2) is 11.2. The zero-order valence-electron chi connectivity index (χ0n) is 15.5. The molecular weight excluding hydrogens is 340 g/mol. The first-order valence-corrected chi connectivity index (χ1v) is 9.03. The fraction of sp³-hybridized carbons (Fsp3) is 0.632. The molecule has 1 amide bonds. The van der Waals surface area contributed by atoms with Crippen molar-refractivity contribution in [2.24, 2.45) is 5.92 Å². The van der Waals surface area contributed by atoms with Gasteiger partial charge in [-0.15, -0.1) is 12.4 Å². The Morgan fingerprint density at radius 1 is 1.28 bits per heavy atom. The molecule has 1 atom stereocenters. The molecule has 1 aliphatic rings. The minimum absolute atomic E-state index is 0. The Labute approximate surface area is 157 Å². The molecule has 0 bridgehead atoms. The van der Waals surface area contributed by atoms with Crippen molar-refractivity contribution in [3.63, 3.8) is 0 Å². The van der Waals surface area contributed by atoms with E-state index in [1.807, 2.05) is 37.1 Å². The van der Waals surface area contributed by atoms with Crippen LogP contribution in [0.15, 0.2) is 18.2 Å². The van der Waals surface area contributed by atoms with Gasteiger partial charge in [-0.25, -0.2) is 0 Å². The zero-order chi connectivity index (χ0) is 17.4. The molecule has 1 aliphatic heterocycles. The molecule has 2 rings (SSSR count). The first-order valence-electron chi connectivity index (χ1n) is 9.03. The number of rotatable bonds is 9. The SMILES string of the molecule is CCCCOc1ccc(C(=O)N2CCC(CNC)C2)cc1OCC.Cl. The van der Waals surface area contributed by atoms with Crippen LogP contribution < -0.4 is 14.8 Å². The van der Waals surface area contributed by atoms with Gasteiger partial charge in [0.25, 0.3) is 5.91 Å². The number of hydrogen-bond donors (Lipinski definition) is 1. The van der Waals surface area contributed by atoms with E-state index in [4.69, 9.17) is 9.47 Å². The molecule has 25 heavy (non-hydrogen) atoms. The number of amides is 1. The van der Waals surface area contributed by atoms with Crippen LogP contribution in [0.1, 0.15) is 43.5 Å². The van der Waals surface area contributed by atoms with Crippen LogP contribution in [-0.2, 0) is 0 Å². The Kier molecular flexibility index (Phi) is 9.68. The predicted octanol–water partition coefficient (Wildman–Crippen LogP) is 3.37. The minimum atomic E-state index is 0. The number of hydrogen-bond acceptors (Lipinski definition) is 4. The smallest absolute Gasteiger partial charge is 0.254 e. The van der Waals surface area contributed by atoms with Gasteiger partial charge in [0.1, 0.15) is 0 Å². The van der Waals surface area contributed by atoms with Crippen LogP contribution in [0.4, 0.5) is 0 Å². The Bertz CT molecular complexity index is 539. The van der Waals surface area contributed by atoms with Crippen molar-refractivity contribution in [2.45, 2.75) is 33.1 Å². The molecule has 1 aromatic carbocycles. The van der Waals surface area contributed by atoms with E-state index in [0.29, 0.717) is 30.4 Å². The highest BCUT2D eigenvalue weighted by molar-refractivity contribution is 5.95. The Balaban J connectivity index is 0.00000312.